The number of amides is 5. The van der Waals surface area contributed by atoms with Gasteiger partial charge in [0.15, 0.2) is 0 Å². The topological polar surface area (TPSA) is 211 Å². The van der Waals surface area contributed by atoms with Crippen LogP contribution in [0.1, 0.15) is 219 Å². The molecule has 0 spiro atoms. The van der Waals surface area contributed by atoms with Crippen LogP contribution < -0.4 is 26.6 Å². The molecule has 1 aromatic heterocycles. The van der Waals surface area contributed by atoms with E-state index in [-0.39, 0.29) is 55.0 Å². The SMILES string of the molecule is CCCCCCCC/C=C\CCCCCCCC(=O)N[C@@H](CS)C(=O)NCCCC[C@H](NC(=O)[C@H](CS)NC(=O)CCCCCCC/C=C\CCCCCCCC)C(=O)N[C@@H](Cc1cnc[nH]1)C(=O)O. The van der Waals surface area contributed by atoms with Gasteiger partial charge in [0.05, 0.1) is 6.33 Å². The number of hydrogen-bond acceptors (Lipinski definition) is 9. The fourth-order valence-electron chi connectivity index (χ4n) is 8.07. The van der Waals surface area contributed by atoms with Gasteiger partial charge in [0.1, 0.15) is 24.2 Å². The van der Waals surface area contributed by atoms with Crippen LogP contribution >= 0.6 is 25.3 Å². The Kier molecular flexibility index (Phi) is 41.4. The molecule has 400 valence electrons. The summed E-state index contributed by atoms with van der Waals surface area (Å²) in [5.41, 5.74) is 0.506. The van der Waals surface area contributed by atoms with Gasteiger partial charge >= 0.3 is 5.97 Å². The van der Waals surface area contributed by atoms with Crippen molar-refractivity contribution in [3.8, 4) is 0 Å². The molecule has 0 fully saturated rings. The smallest absolute Gasteiger partial charge is 0.326 e. The largest absolute Gasteiger partial charge is 0.480 e. The number of carbonyl (C=O) groups is 6. The third-order valence-electron chi connectivity index (χ3n) is 12.4. The summed E-state index contributed by atoms with van der Waals surface area (Å²) in [6.07, 6.45) is 43.7. The van der Waals surface area contributed by atoms with E-state index in [1.807, 2.05) is 0 Å². The highest BCUT2D eigenvalue weighted by molar-refractivity contribution is 7.80. The lowest BCUT2D eigenvalue weighted by Gasteiger charge is -2.24. The Bertz CT molecular complexity index is 1580. The lowest BCUT2D eigenvalue weighted by molar-refractivity contribution is -0.142. The van der Waals surface area contributed by atoms with Crippen molar-refractivity contribution < 1.29 is 33.9 Å². The first-order valence-electron chi connectivity index (χ1n) is 27.2. The molecule has 0 saturated carbocycles. The number of thiol groups is 2. The number of aliphatic carboxylic acids is 1. The fraction of sp³-hybridized carbons (Fsp3) is 0.759. The molecule has 14 nitrogen and oxygen atoms in total. The van der Waals surface area contributed by atoms with E-state index < -0.39 is 42.0 Å². The maximum absolute atomic E-state index is 13.6. The van der Waals surface area contributed by atoms with Crippen molar-refractivity contribution in [2.24, 2.45) is 0 Å². The van der Waals surface area contributed by atoms with Crippen molar-refractivity contribution in [3.05, 3.63) is 42.5 Å². The van der Waals surface area contributed by atoms with Crippen molar-refractivity contribution in [2.75, 3.05) is 18.1 Å². The average Bonchev–Trinajstić information content (AvgIpc) is 3.87. The van der Waals surface area contributed by atoms with Crippen molar-refractivity contribution in [2.45, 2.75) is 243 Å². The van der Waals surface area contributed by atoms with Gasteiger partial charge in [0.2, 0.25) is 29.5 Å². The number of carboxylic acid groups (broad SMARTS) is 1. The summed E-state index contributed by atoms with van der Waals surface area (Å²) in [6.45, 7) is 4.71. The monoisotopic (exact) mass is 1020 g/mol. The minimum absolute atomic E-state index is 0.0117. The van der Waals surface area contributed by atoms with Gasteiger partial charge in [-0.3, -0.25) is 24.0 Å². The van der Waals surface area contributed by atoms with E-state index in [2.05, 4.69) is 100.0 Å². The Balaban J connectivity index is 2.54. The number of hydrogen-bond donors (Lipinski definition) is 9. The maximum Gasteiger partial charge on any atom is 0.326 e. The molecule has 0 aliphatic carbocycles. The molecule has 0 bridgehead atoms. The number of H-pyrrole nitrogens is 1. The van der Waals surface area contributed by atoms with Crippen LogP contribution in [0, 0.1) is 0 Å². The third kappa shape index (κ3) is 35.3. The molecular weight excluding hydrogens is 923 g/mol. The number of imidazole rings is 1. The number of carbonyl (C=O) groups excluding carboxylic acids is 5. The molecule has 0 aliphatic heterocycles. The van der Waals surface area contributed by atoms with Gasteiger partial charge in [-0.25, -0.2) is 9.78 Å². The lowest BCUT2D eigenvalue weighted by Crippen LogP contribution is -2.56. The molecule has 1 aromatic rings. The molecule has 1 heterocycles. The molecule has 0 aromatic carbocycles. The Labute approximate surface area is 433 Å². The molecule has 0 unspecified atom stereocenters. The van der Waals surface area contributed by atoms with Gasteiger partial charge in [-0.05, 0) is 83.5 Å². The summed E-state index contributed by atoms with van der Waals surface area (Å²) in [5.74, 6) is -3.31. The second-order valence-electron chi connectivity index (χ2n) is 18.8. The highest BCUT2D eigenvalue weighted by Crippen LogP contribution is 2.13. The molecule has 5 amide bonds. The number of carboxylic acids is 1. The van der Waals surface area contributed by atoms with E-state index in [4.69, 9.17) is 0 Å². The molecular formula is C54H95N7O7S2. The van der Waals surface area contributed by atoms with Gasteiger partial charge in [0, 0.05) is 49.2 Å². The zero-order valence-corrected chi connectivity index (χ0v) is 45.0. The number of nitrogens with one attached hydrogen (secondary N) is 6. The summed E-state index contributed by atoms with van der Waals surface area (Å²) in [7, 11) is 0. The van der Waals surface area contributed by atoms with Gasteiger partial charge in [-0.15, -0.1) is 0 Å². The Morgan fingerprint density at radius 1 is 0.529 bits per heavy atom. The highest BCUT2D eigenvalue weighted by atomic mass is 32.1. The van der Waals surface area contributed by atoms with E-state index in [9.17, 15) is 33.9 Å². The number of allylic oxidation sites excluding steroid dienone is 4. The number of aromatic amines is 1. The van der Waals surface area contributed by atoms with Crippen molar-refractivity contribution in [1.29, 1.82) is 0 Å². The second kappa shape index (κ2) is 45.1. The van der Waals surface area contributed by atoms with Crippen LogP contribution in [0.2, 0.25) is 0 Å². The average molecular weight is 1020 g/mol. The first kappa shape index (κ1) is 64.2. The van der Waals surface area contributed by atoms with E-state index in [1.165, 1.54) is 96.0 Å². The van der Waals surface area contributed by atoms with Gasteiger partial charge in [-0.1, -0.05) is 141 Å². The Morgan fingerprint density at radius 3 is 1.37 bits per heavy atom. The standard InChI is InChI=1S/C54H95N7O7S2/c1-3-5-7-9-11-13-15-17-19-21-23-25-27-29-31-36-49(62)58-47(41-69)51(64)56-38-34-33-35-45(52(65)61-46(54(67)68)39-44-40-55-43-57-44)60-53(66)48(42-70)59-50(63)37-32-30-28-26-24-22-20-18-16-14-12-10-8-6-4-2/h17-20,40,43,45-48,69-70H,3-16,21-39,41-42H2,1-2H3,(H,55,57)(H,56,64)(H,58,62)(H,59,63)(H,60,66)(H,61,65)(H,67,68)/b19-17-,20-18-/t45-,46-,47-,48-/m0/s1. The first-order chi connectivity index (χ1) is 34.1. The van der Waals surface area contributed by atoms with Crippen molar-refractivity contribution in [1.82, 2.24) is 36.6 Å². The third-order valence-corrected chi connectivity index (χ3v) is 13.2. The number of aromatic nitrogens is 2. The lowest BCUT2D eigenvalue weighted by atomic mass is 10.1. The van der Waals surface area contributed by atoms with Crippen molar-refractivity contribution >= 4 is 60.8 Å². The van der Waals surface area contributed by atoms with Crippen LogP contribution in [0.15, 0.2) is 36.8 Å². The summed E-state index contributed by atoms with van der Waals surface area (Å²) in [5, 5.41) is 23.5. The maximum atomic E-state index is 13.6. The van der Waals surface area contributed by atoms with Crippen LogP contribution in [0.25, 0.3) is 0 Å². The van der Waals surface area contributed by atoms with Gasteiger partial charge in [-0.2, -0.15) is 25.3 Å². The predicted molar refractivity (Wildman–Crippen MR) is 291 cm³/mol. The van der Waals surface area contributed by atoms with E-state index >= 15 is 0 Å². The first-order valence-corrected chi connectivity index (χ1v) is 28.5. The number of rotatable bonds is 47. The molecule has 16 heteroatoms. The summed E-state index contributed by atoms with van der Waals surface area (Å²) in [4.78, 5) is 84.5. The van der Waals surface area contributed by atoms with E-state index in [0.29, 0.717) is 31.4 Å². The minimum atomic E-state index is -1.30. The van der Waals surface area contributed by atoms with Crippen LogP contribution in [0.4, 0.5) is 0 Å². The van der Waals surface area contributed by atoms with Crippen LogP contribution in [-0.4, -0.2) is 92.8 Å². The minimum Gasteiger partial charge on any atom is -0.480 e. The van der Waals surface area contributed by atoms with E-state index in [1.54, 1.807) is 0 Å². The molecule has 0 saturated heterocycles. The van der Waals surface area contributed by atoms with Crippen LogP contribution in [0.3, 0.4) is 0 Å². The van der Waals surface area contributed by atoms with Crippen LogP contribution in [-0.2, 0) is 35.2 Å². The Morgan fingerprint density at radius 2 is 0.943 bits per heavy atom. The highest BCUT2D eigenvalue weighted by Gasteiger charge is 2.29. The zero-order valence-electron chi connectivity index (χ0n) is 43.3. The molecule has 70 heavy (non-hydrogen) atoms. The number of unbranched alkanes of at least 4 members (excludes halogenated alkanes) is 23. The Hall–Kier alpha value is -3.79. The quantitative estimate of drug-likeness (QED) is 0.0174. The molecule has 0 radical (unpaired) electrons. The number of nitrogens with zero attached hydrogens (tertiary/aromatic N) is 1. The molecule has 7 N–H and O–H groups in total. The molecule has 4 atom stereocenters. The van der Waals surface area contributed by atoms with Crippen molar-refractivity contribution in [3.63, 3.8) is 0 Å². The normalized spacial score (nSPS) is 13.2. The summed E-state index contributed by atoms with van der Waals surface area (Å²) in [6, 6.07) is -4.26. The fourth-order valence-corrected chi connectivity index (χ4v) is 8.59. The van der Waals surface area contributed by atoms with Gasteiger partial charge < -0.3 is 36.7 Å². The zero-order chi connectivity index (χ0) is 51.3. The summed E-state index contributed by atoms with van der Waals surface area (Å²) < 4.78 is 0. The van der Waals surface area contributed by atoms with Gasteiger partial charge in [0.25, 0.3) is 0 Å². The summed E-state index contributed by atoms with van der Waals surface area (Å²) >= 11 is 8.60. The second-order valence-corrected chi connectivity index (χ2v) is 19.5. The van der Waals surface area contributed by atoms with Crippen LogP contribution in [0.5, 0.6) is 0 Å². The predicted octanol–water partition coefficient (Wildman–Crippen LogP) is 10.2. The molecule has 0 aliphatic rings. The van der Waals surface area contributed by atoms with E-state index in [0.717, 1.165) is 77.0 Å². The molecule has 1 rings (SSSR count).